The van der Waals surface area contributed by atoms with E-state index in [1.807, 2.05) is 42.5 Å². The van der Waals surface area contributed by atoms with E-state index < -0.39 is 0 Å². The first-order valence-electron chi connectivity index (χ1n) is 8.33. The van der Waals surface area contributed by atoms with Crippen molar-refractivity contribution in [3.8, 4) is 16.9 Å². The standard InChI is InChI=1S/C21H18N2O2/c24-21(23-11-8-15-4-2-1-3-5-15)16-6-7-18-17(12-16)14-25-20-13-22-10-9-19(18)20/h1-7,9-10,12-13H,8,11,14H2,(H,23,24). The van der Waals surface area contributed by atoms with Gasteiger partial charge in [0.1, 0.15) is 12.4 Å². The number of carbonyl (C=O) groups excluding carboxylic acids is 1. The number of benzene rings is 2. The van der Waals surface area contributed by atoms with Gasteiger partial charge in [0.25, 0.3) is 5.91 Å². The summed E-state index contributed by atoms with van der Waals surface area (Å²) in [5, 5.41) is 2.98. The zero-order valence-corrected chi connectivity index (χ0v) is 13.7. The molecule has 0 bridgehead atoms. The zero-order valence-electron chi connectivity index (χ0n) is 13.7. The van der Waals surface area contributed by atoms with Crippen molar-refractivity contribution in [2.24, 2.45) is 0 Å². The number of hydrogen-bond donors (Lipinski definition) is 1. The molecule has 2 heterocycles. The van der Waals surface area contributed by atoms with Crippen molar-refractivity contribution in [3.05, 3.63) is 83.7 Å². The molecule has 0 saturated carbocycles. The van der Waals surface area contributed by atoms with Crippen LogP contribution < -0.4 is 10.1 Å². The molecule has 0 fully saturated rings. The summed E-state index contributed by atoms with van der Waals surface area (Å²) >= 11 is 0. The maximum atomic E-state index is 12.4. The smallest absolute Gasteiger partial charge is 0.251 e. The van der Waals surface area contributed by atoms with Crippen molar-refractivity contribution in [3.63, 3.8) is 0 Å². The van der Waals surface area contributed by atoms with E-state index in [4.69, 9.17) is 4.74 Å². The maximum Gasteiger partial charge on any atom is 0.251 e. The number of hydrogen-bond acceptors (Lipinski definition) is 3. The molecular formula is C21H18N2O2. The van der Waals surface area contributed by atoms with Crippen LogP contribution in [0, 0.1) is 0 Å². The highest BCUT2D eigenvalue weighted by molar-refractivity contribution is 5.95. The largest absolute Gasteiger partial charge is 0.487 e. The van der Waals surface area contributed by atoms with E-state index >= 15 is 0 Å². The van der Waals surface area contributed by atoms with Crippen molar-refractivity contribution < 1.29 is 9.53 Å². The van der Waals surface area contributed by atoms with Crippen LogP contribution in [0.3, 0.4) is 0 Å². The van der Waals surface area contributed by atoms with Crippen LogP contribution >= 0.6 is 0 Å². The molecule has 25 heavy (non-hydrogen) atoms. The van der Waals surface area contributed by atoms with Crippen LogP contribution in [0.4, 0.5) is 0 Å². The van der Waals surface area contributed by atoms with Crippen LogP contribution in [0.5, 0.6) is 5.75 Å². The van der Waals surface area contributed by atoms with E-state index in [0.29, 0.717) is 18.7 Å². The zero-order chi connectivity index (χ0) is 17.1. The fraction of sp³-hybridized carbons (Fsp3) is 0.143. The molecule has 0 atom stereocenters. The highest BCUT2D eigenvalue weighted by atomic mass is 16.5. The lowest BCUT2D eigenvalue weighted by Gasteiger charge is -2.20. The normalized spacial score (nSPS) is 11.8. The Morgan fingerprint density at radius 3 is 2.84 bits per heavy atom. The second-order valence-electron chi connectivity index (χ2n) is 6.02. The molecule has 1 N–H and O–H groups in total. The van der Waals surface area contributed by atoms with E-state index in [0.717, 1.165) is 28.9 Å². The number of ether oxygens (including phenoxy) is 1. The predicted molar refractivity (Wildman–Crippen MR) is 96.5 cm³/mol. The number of fused-ring (bicyclic) bond motifs is 3. The molecular weight excluding hydrogens is 312 g/mol. The Bertz CT molecular complexity index is 907. The van der Waals surface area contributed by atoms with Crippen LogP contribution in [0.25, 0.3) is 11.1 Å². The Morgan fingerprint density at radius 1 is 1.08 bits per heavy atom. The Hall–Kier alpha value is -3.14. The highest BCUT2D eigenvalue weighted by Crippen LogP contribution is 2.36. The van der Waals surface area contributed by atoms with Gasteiger partial charge in [-0.05, 0) is 41.3 Å². The third kappa shape index (κ3) is 3.24. The summed E-state index contributed by atoms with van der Waals surface area (Å²) in [5.74, 6) is 0.731. The van der Waals surface area contributed by atoms with Gasteiger partial charge in [0, 0.05) is 23.9 Å². The molecule has 124 valence electrons. The van der Waals surface area contributed by atoms with Crippen molar-refractivity contribution >= 4 is 5.91 Å². The molecule has 4 heteroatoms. The highest BCUT2D eigenvalue weighted by Gasteiger charge is 2.18. The first-order valence-corrected chi connectivity index (χ1v) is 8.33. The van der Waals surface area contributed by atoms with Gasteiger partial charge < -0.3 is 10.1 Å². The fourth-order valence-electron chi connectivity index (χ4n) is 3.06. The summed E-state index contributed by atoms with van der Waals surface area (Å²) in [5.41, 5.74) is 5.02. The minimum absolute atomic E-state index is 0.0562. The van der Waals surface area contributed by atoms with Gasteiger partial charge in [-0.15, -0.1) is 0 Å². The summed E-state index contributed by atoms with van der Waals surface area (Å²) in [7, 11) is 0. The van der Waals surface area contributed by atoms with Crippen LogP contribution in [-0.4, -0.2) is 17.4 Å². The summed E-state index contributed by atoms with van der Waals surface area (Å²) in [4.78, 5) is 16.5. The van der Waals surface area contributed by atoms with Crippen LogP contribution in [0.1, 0.15) is 21.5 Å². The molecule has 0 radical (unpaired) electrons. The van der Waals surface area contributed by atoms with Gasteiger partial charge >= 0.3 is 0 Å². The fourth-order valence-corrected chi connectivity index (χ4v) is 3.06. The van der Waals surface area contributed by atoms with Crippen LogP contribution in [0.2, 0.25) is 0 Å². The molecule has 3 aromatic rings. The summed E-state index contributed by atoms with van der Waals surface area (Å²) in [6, 6.07) is 17.8. The van der Waals surface area contributed by atoms with Gasteiger partial charge in [-0.1, -0.05) is 36.4 Å². The molecule has 0 spiro atoms. The molecule has 0 saturated heterocycles. The number of aromatic nitrogens is 1. The van der Waals surface area contributed by atoms with Crippen LogP contribution in [0.15, 0.2) is 67.0 Å². The first kappa shape index (κ1) is 15.4. The molecule has 4 rings (SSSR count). The van der Waals surface area contributed by atoms with E-state index in [1.54, 1.807) is 12.4 Å². The van der Waals surface area contributed by atoms with E-state index in [1.165, 1.54) is 5.56 Å². The quantitative estimate of drug-likeness (QED) is 0.795. The predicted octanol–water partition coefficient (Wildman–Crippen LogP) is 3.61. The number of rotatable bonds is 4. The summed E-state index contributed by atoms with van der Waals surface area (Å²) in [6.45, 7) is 1.07. The second-order valence-corrected chi connectivity index (χ2v) is 6.02. The monoisotopic (exact) mass is 330 g/mol. The number of nitrogens with zero attached hydrogens (tertiary/aromatic N) is 1. The average molecular weight is 330 g/mol. The second kappa shape index (κ2) is 6.77. The minimum atomic E-state index is -0.0562. The van der Waals surface area contributed by atoms with Gasteiger partial charge in [-0.2, -0.15) is 0 Å². The Labute approximate surface area is 146 Å². The van der Waals surface area contributed by atoms with Crippen molar-refractivity contribution in [1.82, 2.24) is 10.3 Å². The maximum absolute atomic E-state index is 12.4. The molecule has 1 aliphatic rings. The lowest BCUT2D eigenvalue weighted by atomic mass is 9.96. The number of nitrogens with one attached hydrogen (secondary N) is 1. The van der Waals surface area contributed by atoms with Gasteiger partial charge in [-0.25, -0.2) is 0 Å². The van der Waals surface area contributed by atoms with E-state index in [2.05, 4.69) is 22.4 Å². The van der Waals surface area contributed by atoms with Crippen molar-refractivity contribution in [1.29, 1.82) is 0 Å². The van der Waals surface area contributed by atoms with Gasteiger partial charge in [0.2, 0.25) is 0 Å². The SMILES string of the molecule is O=C(NCCc1ccccc1)c1ccc2c(c1)COc1cnccc1-2. The third-order valence-corrected chi connectivity index (χ3v) is 4.37. The topological polar surface area (TPSA) is 51.2 Å². The van der Waals surface area contributed by atoms with E-state index in [9.17, 15) is 4.79 Å². The molecule has 1 aliphatic heterocycles. The minimum Gasteiger partial charge on any atom is -0.487 e. The van der Waals surface area contributed by atoms with E-state index in [-0.39, 0.29) is 5.91 Å². The van der Waals surface area contributed by atoms with Gasteiger partial charge in [0.05, 0.1) is 6.20 Å². The first-order chi connectivity index (χ1) is 12.3. The Kier molecular flexibility index (Phi) is 4.17. The molecule has 1 aromatic heterocycles. The molecule has 0 aliphatic carbocycles. The summed E-state index contributed by atoms with van der Waals surface area (Å²) in [6.07, 6.45) is 4.30. The number of carbonyl (C=O) groups is 1. The molecule has 4 nitrogen and oxygen atoms in total. The van der Waals surface area contributed by atoms with Gasteiger partial charge in [0.15, 0.2) is 0 Å². The third-order valence-electron chi connectivity index (χ3n) is 4.37. The average Bonchev–Trinajstić information content (AvgIpc) is 2.68. The van der Waals surface area contributed by atoms with Crippen LogP contribution in [-0.2, 0) is 13.0 Å². The van der Waals surface area contributed by atoms with Crippen molar-refractivity contribution in [2.45, 2.75) is 13.0 Å². The molecule has 0 unspecified atom stereocenters. The number of pyridine rings is 1. The van der Waals surface area contributed by atoms with Crippen molar-refractivity contribution in [2.75, 3.05) is 6.54 Å². The molecule has 2 aromatic carbocycles. The lowest BCUT2D eigenvalue weighted by Crippen LogP contribution is -2.26. The molecule has 1 amide bonds. The Balaban J connectivity index is 1.46. The Morgan fingerprint density at radius 2 is 1.96 bits per heavy atom. The lowest BCUT2D eigenvalue weighted by molar-refractivity contribution is 0.0954. The van der Waals surface area contributed by atoms with Gasteiger partial charge in [-0.3, -0.25) is 9.78 Å². The number of amides is 1. The summed E-state index contributed by atoms with van der Waals surface area (Å²) < 4.78 is 5.73.